The second-order valence-electron chi connectivity index (χ2n) is 12.5. The highest BCUT2D eigenvalue weighted by Gasteiger charge is 2.69. The van der Waals surface area contributed by atoms with Gasteiger partial charge in [0.05, 0.1) is 17.5 Å². The Balaban J connectivity index is 1.76. The second-order valence-corrected chi connectivity index (χ2v) is 12.5. The van der Waals surface area contributed by atoms with Crippen LogP contribution < -0.4 is 11.1 Å². The number of nitrogens with one attached hydrogen (secondary N) is 1. The normalized spacial score (nSPS) is 30.3. The van der Waals surface area contributed by atoms with Crippen LogP contribution in [0.4, 0.5) is 10.2 Å². The predicted octanol–water partition coefficient (Wildman–Crippen LogP) is -0.599. The van der Waals surface area contributed by atoms with E-state index in [-0.39, 0.29) is 36.2 Å². The number of carbonyl (C=O) groups excluding carboxylic acids is 5. The van der Waals surface area contributed by atoms with Crippen LogP contribution in [-0.4, -0.2) is 107 Å². The standard InChI is InChI=1S/C27H36FN5O7/c1-26(2,10-32(3)4)9-30-25-20(36)15-12(23(28)31-25)7-11-8-13-17(33(5)6)19(35)16(24(29)39)22(38)27(13,40)21(37)14(11)18(15)34/h11,13-14,16-17,36,40H,7-10H2,1-6H3,(H2,29,39)(H,30,31)/t11-,13-,14?,16?,17-,27-/m0/s1. The van der Waals surface area contributed by atoms with Crippen LogP contribution >= 0.6 is 0 Å². The van der Waals surface area contributed by atoms with Crippen molar-refractivity contribution in [2.75, 3.05) is 46.6 Å². The van der Waals surface area contributed by atoms with Gasteiger partial charge in [-0.15, -0.1) is 0 Å². The monoisotopic (exact) mass is 561 g/mol. The van der Waals surface area contributed by atoms with Gasteiger partial charge in [-0.05, 0) is 52.4 Å². The lowest BCUT2D eigenvalue weighted by atomic mass is 9.52. The van der Waals surface area contributed by atoms with Crippen LogP contribution in [0.1, 0.15) is 36.2 Å². The number of halogens is 1. The highest BCUT2D eigenvalue weighted by atomic mass is 19.1. The summed E-state index contributed by atoms with van der Waals surface area (Å²) in [5.41, 5.74) is 1.54. The van der Waals surface area contributed by atoms with Crippen molar-refractivity contribution in [2.24, 2.45) is 34.8 Å². The number of Topliss-reactive ketones (excluding diaryl/α,β-unsaturated/α-hetero) is 4. The van der Waals surface area contributed by atoms with Crippen LogP contribution in [0.5, 0.6) is 5.75 Å². The number of aliphatic hydroxyl groups is 1. The van der Waals surface area contributed by atoms with Gasteiger partial charge in [0.25, 0.3) is 0 Å². The molecular weight excluding hydrogens is 525 g/mol. The van der Waals surface area contributed by atoms with Crippen molar-refractivity contribution < 1.29 is 38.6 Å². The molecule has 4 rings (SSSR count). The Bertz CT molecular complexity index is 1310. The summed E-state index contributed by atoms with van der Waals surface area (Å²) < 4.78 is 15.3. The molecule has 0 aromatic carbocycles. The Morgan fingerprint density at radius 1 is 1.18 bits per heavy atom. The fourth-order valence-corrected chi connectivity index (χ4v) is 6.88. The molecule has 0 saturated heterocycles. The second kappa shape index (κ2) is 9.96. The lowest BCUT2D eigenvalue weighted by Gasteiger charge is -2.52. The number of likely N-dealkylation sites (N-methyl/N-ethyl adjacent to an activating group) is 1. The molecule has 0 aliphatic heterocycles. The van der Waals surface area contributed by atoms with Crippen LogP contribution in [0.15, 0.2) is 0 Å². The molecule has 1 amide bonds. The number of ketones is 4. The smallest absolute Gasteiger partial charge is 0.235 e. The molecule has 12 nitrogen and oxygen atoms in total. The van der Waals surface area contributed by atoms with E-state index in [1.807, 2.05) is 32.8 Å². The first kappa shape index (κ1) is 29.7. The van der Waals surface area contributed by atoms with Crippen LogP contribution in [0.25, 0.3) is 0 Å². The molecule has 0 spiro atoms. The summed E-state index contributed by atoms with van der Waals surface area (Å²) in [4.78, 5) is 73.3. The number of hydrogen-bond donors (Lipinski definition) is 4. The van der Waals surface area contributed by atoms with Crippen molar-refractivity contribution in [1.29, 1.82) is 0 Å². The highest BCUT2D eigenvalue weighted by molar-refractivity contribution is 6.32. The summed E-state index contributed by atoms with van der Waals surface area (Å²) in [6.45, 7) is 4.83. The molecule has 5 N–H and O–H groups in total. The molecule has 2 fully saturated rings. The highest BCUT2D eigenvalue weighted by Crippen LogP contribution is 2.51. The summed E-state index contributed by atoms with van der Waals surface area (Å²) in [6, 6.07) is -1.23. The summed E-state index contributed by atoms with van der Waals surface area (Å²) in [5, 5.41) is 25.5. The van der Waals surface area contributed by atoms with Gasteiger partial charge in [0, 0.05) is 24.6 Å². The molecule has 2 unspecified atom stereocenters. The zero-order valence-corrected chi connectivity index (χ0v) is 23.4. The van der Waals surface area contributed by atoms with E-state index in [2.05, 4.69) is 10.3 Å². The molecule has 40 heavy (non-hydrogen) atoms. The zero-order chi connectivity index (χ0) is 30.1. The van der Waals surface area contributed by atoms with E-state index in [4.69, 9.17) is 5.73 Å². The van der Waals surface area contributed by atoms with Crippen LogP contribution in [-0.2, 0) is 25.6 Å². The number of aromatic hydroxyl groups is 1. The first-order chi connectivity index (χ1) is 18.4. The third kappa shape index (κ3) is 4.49. The minimum Gasteiger partial charge on any atom is -0.504 e. The summed E-state index contributed by atoms with van der Waals surface area (Å²) >= 11 is 0. The van der Waals surface area contributed by atoms with Gasteiger partial charge in [0.15, 0.2) is 46.2 Å². The lowest BCUT2D eigenvalue weighted by molar-refractivity contribution is -0.181. The van der Waals surface area contributed by atoms with E-state index < -0.39 is 81.6 Å². The lowest BCUT2D eigenvalue weighted by Crippen LogP contribution is -2.74. The molecule has 3 aliphatic rings. The van der Waals surface area contributed by atoms with Crippen molar-refractivity contribution in [1.82, 2.24) is 14.8 Å². The number of nitrogens with zero attached hydrogens (tertiary/aromatic N) is 3. The van der Waals surface area contributed by atoms with Crippen molar-refractivity contribution in [2.45, 2.75) is 38.3 Å². The molecule has 3 aliphatic carbocycles. The maximum absolute atomic E-state index is 15.3. The summed E-state index contributed by atoms with van der Waals surface area (Å²) in [5.74, 6) is -13.4. The summed E-state index contributed by atoms with van der Waals surface area (Å²) in [6.07, 6.45) is -0.354. The van der Waals surface area contributed by atoms with E-state index in [0.29, 0.717) is 6.54 Å². The molecule has 0 radical (unpaired) electrons. The number of carbonyl (C=O) groups is 5. The van der Waals surface area contributed by atoms with Crippen molar-refractivity contribution in [3.63, 3.8) is 0 Å². The van der Waals surface area contributed by atoms with E-state index in [1.54, 1.807) is 0 Å². The molecule has 1 heterocycles. The Kier molecular flexibility index (Phi) is 7.40. The van der Waals surface area contributed by atoms with Crippen LogP contribution in [0, 0.1) is 35.0 Å². The van der Waals surface area contributed by atoms with Crippen LogP contribution in [0.2, 0.25) is 0 Å². The Morgan fingerprint density at radius 2 is 1.80 bits per heavy atom. The molecule has 1 aromatic heterocycles. The summed E-state index contributed by atoms with van der Waals surface area (Å²) in [7, 11) is 6.77. The van der Waals surface area contributed by atoms with Crippen LogP contribution in [0.3, 0.4) is 0 Å². The fourth-order valence-electron chi connectivity index (χ4n) is 6.88. The zero-order valence-electron chi connectivity index (χ0n) is 23.4. The average Bonchev–Trinajstić information content (AvgIpc) is 2.81. The first-order valence-electron chi connectivity index (χ1n) is 13.1. The SMILES string of the molecule is CN(C)CC(C)(C)CNc1nc(F)c2c(c1O)C(=O)C1C(=O)[C@]3(O)C(=O)C(C(N)=O)C(=O)[C@@H](N(C)C)[C@@H]3C[C@@H]1C2. The van der Waals surface area contributed by atoms with E-state index in [9.17, 15) is 34.2 Å². The van der Waals surface area contributed by atoms with Gasteiger partial charge in [0.1, 0.15) is 0 Å². The molecular formula is C27H36FN5O7. The minimum absolute atomic E-state index is 0.164. The van der Waals surface area contributed by atoms with E-state index >= 15 is 4.39 Å². The van der Waals surface area contributed by atoms with Gasteiger partial charge in [0.2, 0.25) is 11.9 Å². The number of primary amides is 1. The number of fused-ring (bicyclic) bond motifs is 3. The fraction of sp³-hybridized carbons (Fsp3) is 0.630. The number of nitrogens with two attached hydrogens (primary N) is 1. The van der Waals surface area contributed by atoms with Gasteiger partial charge in [-0.3, -0.25) is 28.9 Å². The molecule has 218 valence electrons. The number of aromatic nitrogens is 1. The van der Waals surface area contributed by atoms with E-state index in [0.717, 1.165) is 0 Å². The maximum atomic E-state index is 15.3. The van der Waals surface area contributed by atoms with Crippen molar-refractivity contribution in [3.05, 3.63) is 17.1 Å². The Morgan fingerprint density at radius 3 is 2.35 bits per heavy atom. The Labute approximate surface area is 231 Å². The molecule has 6 atom stereocenters. The van der Waals surface area contributed by atoms with Gasteiger partial charge in [-0.25, -0.2) is 0 Å². The van der Waals surface area contributed by atoms with Gasteiger partial charge in [-0.2, -0.15) is 9.37 Å². The van der Waals surface area contributed by atoms with E-state index in [1.165, 1.54) is 19.0 Å². The molecule has 0 bridgehead atoms. The Hall–Kier alpha value is -3.29. The third-order valence-electron chi connectivity index (χ3n) is 8.35. The topological polar surface area (TPSA) is 183 Å². The number of amides is 1. The number of rotatable bonds is 7. The third-order valence-corrected chi connectivity index (χ3v) is 8.35. The quantitative estimate of drug-likeness (QED) is 0.246. The predicted molar refractivity (Wildman–Crippen MR) is 140 cm³/mol. The number of anilines is 1. The van der Waals surface area contributed by atoms with Gasteiger partial charge < -0.3 is 26.2 Å². The number of hydrogen-bond acceptors (Lipinski definition) is 11. The minimum atomic E-state index is -2.84. The number of pyridine rings is 1. The van der Waals surface area contributed by atoms with Crippen molar-refractivity contribution in [3.8, 4) is 5.75 Å². The molecule has 1 aromatic rings. The largest absolute Gasteiger partial charge is 0.504 e. The van der Waals surface area contributed by atoms with Gasteiger partial charge in [-0.1, -0.05) is 13.8 Å². The first-order valence-corrected chi connectivity index (χ1v) is 13.1. The van der Waals surface area contributed by atoms with Gasteiger partial charge >= 0.3 is 0 Å². The molecule has 2 saturated carbocycles. The average molecular weight is 562 g/mol. The maximum Gasteiger partial charge on any atom is 0.235 e. The molecule has 13 heteroatoms. The van der Waals surface area contributed by atoms with Crippen molar-refractivity contribution >= 4 is 34.9 Å².